The number of aromatic amines is 1. The van der Waals surface area contributed by atoms with E-state index in [2.05, 4.69) is 15.0 Å². The van der Waals surface area contributed by atoms with Gasteiger partial charge in [0, 0.05) is 49.8 Å². The molecule has 1 saturated heterocycles. The van der Waals surface area contributed by atoms with Crippen LogP contribution in [-0.4, -0.2) is 57.3 Å². The molecule has 0 bridgehead atoms. The maximum Gasteiger partial charge on any atom is 0.345 e. The summed E-state index contributed by atoms with van der Waals surface area (Å²) in [5, 5.41) is 0. The second kappa shape index (κ2) is 8.02. The zero-order chi connectivity index (χ0) is 17.6. The van der Waals surface area contributed by atoms with Crippen LogP contribution in [0.4, 0.5) is 0 Å². The van der Waals surface area contributed by atoms with Gasteiger partial charge < -0.3 is 9.88 Å². The standard InChI is InChI=1S/C18H23N5O2/c1-22(11-14-4-2-7-19-10-14)13-17(24)23-9-3-5-15(12-23)16-6-8-20-18(25)21-16/h2,4,6-8,10,15H,3,5,9,11-13H2,1H3,(H,20,21,25)/t15-/m1/s1. The highest BCUT2D eigenvalue weighted by atomic mass is 16.2. The van der Waals surface area contributed by atoms with E-state index in [0.717, 1.165) is 30.6 Å². The molecule has 2 aromatic rings. The van der Waals surface area contributed by atoms with Crippen molar-refractivity contribution in [3.63, 3.8) is 0 Å². The van der Waals surface area contributed by atoms with E-state index in [1.165, 1.54) is 6.20 Å². The molecule has 3 heterocycles. The van der Waals surface area contributed by atoms with Gasteiger partial charge in [-0.1, -0.05) is 6.07 Å². The van der Waals surface area contributed by atoms with E-state index in [-0.39, 0.29) is 17.5 Å². The molecule has 132 valence electrons. The summed E-state index contributed by atoms with van der Waals surface area (Å²) in [6, 6.07) is 5.73. The minimum absolute atomic E-state index is 0.118. The molecule has 0 spiro atoms. The van der Waals surface area contributed by atoms with Crippen LogP contribution in [0.15, 0.2) is 41.6 Å². The lowest BCUT2D eigenvalue weighted by Crippen LogP contribution is -2.44. The van der Waals surface area contributed by atoms with Gasteiger partial charge in [-0.15, -0.1) is 0 Å². The lowest BCUT2D eigenvalue weighted by Gasteiger charge is -2.33. The van der Waals surface area contributed by atoms with Crippen LogP contribution in [0.1, 0.15) is 30.0 Å². The molecule has 7 nitrogen and oxygen atoms in total. The Balaban J connectivity index is 1.57. The second-order valence-corrected chi connectivity index (χ2v) is 6.54. The highest BCUT2D eigenvalue weighted by Crippen LogP contribution is 2.24. The van der Waals surface area contributed by atoms with Gasteiger partial charge in [0.05, 0.1) is 6.54 Å². The summed E-state index contributed by atoms with van der Waals surface area (Å²) < 4.78 is 0. The number of hydrogen-bond acceptors (Lipinski definition) is 5. The van der Waals surface area contributed by atoms with Gasteiger partial charge in [-0.2, -0.15) is 0 Å². The maximum absolute atomic E-state index is 12.6. The van der Waals surface area contributed by atoms with Crippen molar-refractivity contribution in [3.8, 4) is 0 Å². The minimum Gasteiger partial charge on any atom is -0.341 e. The number of hydrogen-bond donors (Lipinski definition) is 1. The highest BCUT2D eigenvalue weighted by Gasteiger charge is 2.25. The average Bonchev–Trinajstić information content (AvgIpc) is 2.62. The largest absolute Gasteiger partial charge is 0.345 e. The minimum atomic E-state index is -0.336. The molecule has 3 rings (SSSR count). The Kier molecular flexibility index (Phi) is 5.55. The summed E-state index contributed by atoms with van der Waals surface area (Å²) in [6.45, 7) is 2.47. The number of pyridine rings is 1. The lowest BCUT2D eigenvalue weighted by atomic mass is 9.94. The van der Waals surface area contributed by atoms with E-state index in [4.69, 9.17) is 0 Å². The molecule has 1 fully saturated rings. The molecule has 0 saturated carbocycles. The zero-order valence-corrected chi connectivity index (χ0v) is 14.4. The fourth-order valence-corrected chi connectivity index (χ4v) is 3.27. The molecule has 1 N–H and O–H groups in total. The van der Waals surface area contributed by atoms with Crippen LogP contribution in [0, 0.1) is 0 Å². The fourth-order valence-electron chi connectivity index (χ4n) is 3.27. The van der Waals surface area contributed by atoms with Crippen molar-refractivity contribution in [2.75, 3.05) is 26.7 Å². The van der Waals surface area contributed by atoms with E-state index < -0.39 is 0 Å². The monoisotopic (exact) mass is 341 g/mol. The molecule has 25 heavy (non-hydrogen) atoms. The third kappa shape index (κ3) is 4.73. The molecule has 0 aromatic carbocycles. The normalized spacial score (nSPS) is 17.7. The first-order chi connectivity index (χ1) is 12.1. The average molecular weight is 341 g/mol. The predicted octanol–water partition coefficient (Wildman–Crippen LogP) is 1.00. The number of amides is 1. The van der Waals surface area contributed by atoms with Crippen molar-refractivity contribution in [2.45, 2.75) is 25.3 Å². The van der Waals surface area contributed by atoms with Crippen molar-refractivity contribution in [1.82, 2.24) is 24.8 Å². The van der Waals surface area contributed by atoms with E-state index in [9.17, 15) is 9.59 Å². The summed E-state index contributed by atoms with van der Waals surface area (Å²) in [5.41, 5.74) is 1.61. The number of nitrogens with zero attached hydrogens (tertiary/aromatic N) is 4. The van der Waals surface area contributed by atoms with Crippen LogP contribution in [0.3, 0.4) is 0 Å². The van der Waals surface area contributed by atoms with Crippen molar-refractivity contribution >= 4 is 5.91 Å². The second-order valence-electron chi connectivity index (χ2n) is 6.54. The number of rotatable bonds is 5. The van der Waals surface area contributed by atoms with E-state index in [1.807, 2.05) is 41.2 Å². The molecular formula is C18H23N5O2. The molecule has 1 atom stereocenters. The Hall–Kier alpha value is -2.54. The number of carbonyl (C=O) groups is 1. The molecular weight excluding hydrogens is 318 g/mol. The Morgan fingerprint density at radius 2 is 2.28 bits per heavy atom. The van der Waals surface area contributed by atoms with E-state index in [1.54, 1.807) is 6.20 Å². The van der Waals surface area contributed by atoms with Gasteiger partial charge in [-0.3, -0.25) is 14.7 Å². The summed E-state index contributed by atoms with van der Waals surface area (Å²) >= 11 is 0. The predicted molar refractivity (Wildman–Crippen MR) is 94.0 cm³/mol. The highest BCUT2D eigenvalue weighted by molar-refractivity contribution is 5.78. The number of piperidine rings is 1. The molecule has 1 aliphatic rings. The molecule has 7 heteroatoms. The van der Waals surface area contributed by atoms with E-state index >= 15 is 0 Å². The van der Waals surface area contributed by atoms with Crippen molar-refractivity contribution < 1.29 is 4.79 Å². The summed E-state index contributed by atoms with van der Waals surface area (Å²) in [4.78, 5) is 38.5. The Bertz CT molecular complexity index is 761. The number of likely N-dealkylation sites (N-methyl/N-ethyl adjacent to an activating group) is 1. The molecule has 2 aromatic heterocycles. The van der Waals surface area contributed by atoms with Crippen LogP contribution in [0.5, 0.6) is 0 Å². The summed E-state index contributed by atoms with van der Waals surface area (Å²) in [6.07, 6.45) is 6.99. The van der Waals surface area contributed by atoms with Gasteiger partial charge in [0.1, 0.15) is 0 Å². The fraction of sp³-hybridized carbons (Fsp3) is 0.444. The van der Waals surface area contributed by atoms with Crippen molar-refractivity contribution in [1.29, 1.82) is 0 Å². The van der Waals surface area contributed by atoms with Crippen LogP contribution in [-0.2, 0) is 11.3 Å². The Morgan fingerprint density at radius 3 is 3.04 bits per heavy atom. The lowest BCUT2D eigenvalue weighted by molar-refractivity contribution is -0.133. The summed E-state index contributed by atoms with van der Waals surface area (Å²) in [7, 11) is 1.94. The number of H-pyrrole nitrogens is 1. The van der Waals surface area contributed by atoms with Gasteiger partial charge in [0.25, 0.3) is 0 Å². The van der Waals surface area contributed by atoms with Crippen LogP contribution in [0.25, 0.3) is 0 Å². The van der Waals surface area contributed by atoms with E-state index in [0.29, 0.717) is 19.6 Å². The number of aromatic nitrogens is 3. The number of nitrogens with one attached hydrogen (secondary N) is 1. The number of likely N-dealkylation sites (tertiary alicyclic amines) is 1. The molecule has 0 unspecified atom stereocenters. The first-order valence-electron chi connectivity index (χ1n) is 8.52. The molecule has 0 aliphatic carbocycles. The SMILES string of the molecule is CN(CC(=O)N1CCC[C@@H](c2ccnc(=O)[nH]2)C1)Cc1cccnc1. The zero-order valence-electron chi connectivity index (χ0n) is 14.4. The van der Waals surface area contributed by atoms with Gasteiger partial charge >= 0.3 is 5.69 Å². The van der Waals surface area contributed by atoms with Crippen LogP contribution < -0.4 is 5.69 Å². The van der Waals surface area contributed by atoms with Crippen LogP contribution >= 0.6 is 0 Å². The summed E-state index contributed by atoms with van der Waals surface area (Å²) in [5.74, 6) is 0.282. The first kappa shape index (κ1) is 17.3. The van der Waals surface area contributed by atoms with Crippen molar-refractivity contribution in [3.05, 3.63) is 58.5 Å². The molecule has 0 radical (unpaired) electrons. The Morgan fingerprint density at radius 1 is 1.40 bits per heavy atom. The van der Waals surface area contributed by atoms with Gasteiger partial charge in [-0.05, 0) is 37.6 Å². The smallest absolute Gasteiger partial charge is 0.341 e. The van der Waals surface area contributed by atoms with Gasteiger partial charge in [-0.25, -0.2) is 9.78 Å². The molecule has 1 amide bonds. The quantitative estimate of drug-likeness (QED) is 0.877. The van der Waals surface area contributed by atoms with Crippen LogP contribution in [0.2, 0.25) is 0 Å². The topological polar surface area (TPSA) is 82.2 Å². The first-order valence-corrected chi connectivity index (χ1v) is 8.52. The van der Waals surface area contributed by atoms with Gasteiger partial charge in [0.2, 0.25) is 5.91 Å². The third-order valence-electron chi connectivity index (χ3n) is 4.49. The Labute approximate surface area is 146 Å². The van der Waals surface area contributed by atoms with Gasteiger partial charge in [0.15, 0.2) is 0 Å². The van der Waals surface area contributed by atoms with Crippen molar-refractivity contribution in [2.24, 2.45) is 0 Å². The molecule has 1 aliphatic heterocycles. The number of carbonyl (C=O) groups excluding carboxylic acids is 1. The maximum atomic E-state index is 12.6. The third-order valence-corrected chi connectivity index (χ3v) is 4.49.